The van der Waals surface area contributed by atoms with Gasteiger partial charge in [-0.1, -0.05) is 18.2 Å². The van der Waals surface area contributed by atoms with Crippen molar-refractivity contribution in [1.82, 2.24) is 4.90 Å². The van der Waals surface area contributed by atoms with Gasteiger partial charge in [-0.05, 0) is 32.9 Å². The Kier molecular flexibility index (Phi) is 2.70. The Morgan fingerprint density at radius 3 is 2.27 bits per heavy atom. The minimum Gasteiger partial charge on any atom is -0.380 e. The van der Waals surface area contributed by atoms with Crippen molar-refractivity contribution in [3.8, 4) is 0 Å². The smallest absolute Gasteiger partial charge is 0.0515 e. The van der Waals surface area contributed by atoms with E-state index in [0.29, 0.717) is 11.6 Å². The highest BCUT2D eigenvalue weighted by molar-refractivity contribution is 5.44. The Balaban J connectivity index is 1.82. The van der Waals surface area contributed by atoms with Gasteiger partial charge in [0.2, 0.25) is 0 Å². The summed E-state index contributed by atoms with van der Waals surface area (Å²) < 4.78 is 0. The van der Waals surface area contributed by atoms with Crippen molar-refractivity contribution in [2.75, 3.05) is 18.4 Å². The first kappa shape index (κ1) is 10.5. The Morgan fingerprint density at radius 2 is 1.73 bits per heavy atom. The monoisotopic (exact) mass is 204 g/mol. The van der Waals surface area contributed by atoms with Crippen molar-refractivity contribution >= 4 is 5.69 Å². The van der Waals surface area contributed by atoms with E-state index in [1.54, 1.807) is 0 Å². The predicted octanol–water partition coefficient (Wildman–Crippen LogP) is 2.58. The summed E-state index contributed by atoms with van der Waals surface area (Å²) in [6, 6.07) is 11.1. The van der Waals surface area contributed by atoms with Gasteiger partial charge >= 0.3 is 0 Å². The molecule has 0 saturated carbocycles. The number of nitrogens with one attached hydrogen (secondary N) is 1. The molecule has 2 heteroatoms. The molecule has 1 aliphatic rings. The topological polar surface area (TPSA) is 15.3 Å². The normalized spacial score (nSPS) is 18.6. The number of rotatable bonds is 2. The number of hydrogen-bond acceptors (Lipinski definition) is 2. The molecule has 1 heterocycles. The van der Waals surface area contributed by atoms with E-state index in [1.807, 2.05) is 6.07 Å². The number of likely N-dealkylation sites (tertiary alicyclic amines) is 1. The second-order valence-electron chi connectivity index (χ2n) is 5.28. The molecule has 0 aliphatic carbocycles. The molecule has 1 aromatic rings. The molecule has 0 amide bonds. The Hall–Kier alpha value is -1.02. The zero-order chi connectivity index (χ0) is 10.9. The molecule has 2 rings (SSSR count). The van der Waals surface area contributed by atoms with Crippen LogP contribution in [0, 0.1) is 0 Å². The summed E-state index contributed by atoms with van der Waals surface area (Å²) >= 11 is 0. The van der Waals surface area contributed by atoms with Gasteiger partial charge in [0.25, 0.3) is 0 Å². The predicted molar refractivity (Wildman–Crippen MR) is 65.2 cm³/mol. The first-order chi connectivity index (χ1) is 7.05. The highest BCUT2D eigenvalue weighted by Gasteiger charge is 2.33. The van der Waals surface area contributed by atoms with E-state index in [0.717, 1.165) is 13.1 Å². The number of hydrogen-bond donors (Lipinski definition) is 1. The summed E-state index contributed by atoms with van der Waals surface area (Å²) in [5.74, 6) is 0. The fraction of sp³-hybridized carbons (Fsp3) is 0.538. The van der Waals surface area contributed by atoms with Gasteiger partial charge in [0.05, 0.1) is 6.04 Å². The lowest BCUT2D eigenvalue weighted by atomic mass is 9.97. The summed E-state index contributed by atoms with van der Waals surface area (Å²) in [5.41, 5.74) is 1.55. The van der Waals surface area contributed by atoms with Crippen LogP contribution in [0.25, 0.3) is 0 Å². The highest BCUT2D eigenvalue weighted by atomic mass is 15.3. The summed E-state index contributed by atoms with van der Waals surface area (Å²) in [6.45, 7) is 9.11. The molecule has 0 bridgehead atoms. The molecule has 2 nitrogen and oxygen atoms in total. The summed E-state index contributed by atoms with van der Waals surface area (Å²) in [6.07, 6.45) is 0. The average Bonchev–Trinajstić information content (AvgIpc) is 2.10. The van der Waals surface area contributed by atoms with Crippen molar-refractivity contribution in [1.29, 1.82) is 0 Å². The van der Waals surface area contributed by atoms with E-state index in [2.05, 4.69) is 55.3 Å². The van der Waals surface area contributed by atoms with E-state index < -0.39 is 0 Å². The van der Waals surface area contributed by atoms with Gasteiger partial charge in [-0.25, -0.2) is 0 Å². The van der Waals surface area contributed by atoms with Crippen LogP contribution in [0.1, 0.15) is 20.8 Å². The summed E-state index contributed by atoms with van der Waals surface area (Å²) in [7, 11) is 0. The Morgan fingerprint density at radius 1 is 1.13 bits per heavy atom. The molecule has 1 aliphatic heterocycles. The number of para-hydroxylation sites is 1. The maximum atomic E-state index is 3.54. The first-order valence-electron chi connectivity index (χ1n) is 5.62. The number of benzene rings is 1. The summed E-state index contributed by atoms with van der Waals surface area (Å²) in [5, 5.41) is 3.54. The molecule has 82 valence electrons. The van der Waals surface area contributed by atoms with Crippen LogP contribution in [-0.4, -0.2) is 29.6 Å². The standard InChI is InChI=1S/C13H20N2/c1-13(2,3)15-9-12(10-15)14-11-7-5-4-6-8-11/h4-8,12,14H,9-10H2,1-3H3. The van der Waals surface area contributed by atoms with Crippen molar-refractivity contribution in [3.05, 3.63) is 30.3 Å². The van der Waals surface area contributed by atoms with Crippen LogP contribution in [0.15, 0.2) is 30.3 Å². The maximum Gasteiger partial charge on any atom is 0.0515 e. The number of anilines is 1. The van der Waals surface area contributed by atoms with E-state index >= 15 is 0 Å². The van der Waals surface area contributed by atoms with Gasteiger partial charge in [-0.3, -0.25) is 4.90 Å². The largest absolute Gasteiger partial charge is 0.380 e. The molecule has 0 aromatic heterocycles. The molecule has 0 unspecified atom stereocenters. The van der Waals surface area contributed by atoms with Gasteiger partial charge in [-0.15, -0.1) is 0 Å². The molecule has 1 N–H and O–H groups in total. The fourth-order valence-corrected chi connectivity index (χ4v) is 1.89. The van der Waals surface area contributed by atoms with Gasteiger partial charge < -0.3 is 5.32 Å². The van der Waals surface area contributed by atoms with Crippen LogP contribution in [-0.2, 0) is 0 Å². The van der Waals surface area contributed by atoms with Crippen LogP contribution in [0.3, 0.4) is 0 Å². The van der Waals surface area contributed by atoms with Crippen LogP contribution in [0.5, 0.6) is 0 Å². The van der Waals surface area contributed by atoms with E-state index in [-0.39, 0.29) is 0 Å². The fourth-order valence-electron chi connectivity index (χ4n) is 1.89. The highest BCUT2D eigenvalue weighted by Crippen LogP contribution is 2.23. The third kappa shape index (κ3) is 2.51. The van der Waals surface area contributed by atoms with Crippen LogP contribution >= 0.6 is 0 Å². The van der Waals surface area contributed by atoms with Crippen molar-refractivity contribution in [3.63, 3.8) is 0 Å². The third-order valence-electron chi connectivity index (χ3n) is 2.97. The second-order valence-corrected chi connectivity index (χ2v) is 5.28. The van der Waals surface area contributed by atoms with Crippen LogP contribution in [0.4, 0.5) is 5.69 Å². The van der Waals surface area contributed by atoms with E-state index in [4.69, 9.17) is 0 Å². The van der Waals surface area contributed by atoms with Crippen molar-refractivity contribution in [2.24, 2.45) is 0 Å². The quantitative estimate of drug-likeness (QED) is 0.796. The summed E-state index contributed by atoms with van der Waals surface area (Å²) in [4.78, 5) is 2.49. The minimum atomic E-state index is 0.314. The molecule has 0 atom stereocenters. The second kappa shape index (κ2) is 3.86. The zero-order valence-corrected chi connectivity index (χ0v) is 9.83. The SMILES string of the molecule is CC(C)(C)N1CC(Nc2ccccc2)C1. The van der Waals surface area contributed by atoms with Crippen LogP contribution < -0.4 is 5.32 Å². The third-order valence-corrected chi connectivity index (χ3v) is 2.97. The van der Waals surface area contributed by atoms with Gasteiger partial charge in [0, 0.05) is 24.3 Å². The van der Waals surface area contributed by atoms with Gasteiger partial charge in [0.1, 0.15) is 0 Å². The minimum absolute atomic E-state index is 0.314. The van der Waals surface area contributed by atoms with Gasteiger partial charge in [-0.2, -0.15) is 0 Å². The lowest BCUT2D eigenvalue weighted by Gasteiger charge is -2.48. The lowest BCUT2D eigenvalue weighted by Crippen LogP contribution is -2.61. The molecule has 0 spiro atoms. The van der Waals surface area contributed by atoms with Crippen molar-refractivity contribution in [2.45, 2.75) is 32.4 Å². The number of nitrogens with zero attached hydrogens (tertiary/aromatic N) is 1. The zero-order valence-electron chi connectivity index (χ0n) is 9.83. The lowest BCUT2D eigenvalue weighted by molar-refractivity contribution is 0.0567. The molecule has 1 saturated heterocycles. The van der Waals surface area contributed by atoms with E-state index in [9.17, 15) is 0 Å². The first-order valence-corrected chi connectivity index (χ1v) is 5.62. The molecule has 1 fully saturated rings. The Labute approximate surface area is 92.3 Å². The molecule has 15 heavy (non-hydrogen) atoms. The molecular weight excluding hydrogens is 184 g/mol. The van der Waals surface area contributed by atoms with Crippen LogP contribution in [0.2, 0.25) is 0 Å². The van der Waals surface area contributed by atoms with Crippen molar-refractivity contribution < 1.29 is 0 Å². The average molecular weight is 204 g/mol. The maximum absolute atomic E-state index is 3.54. The molecular formula is C13H20N2. The Bertz CT molecular complexity index is 307. The molecule has 0 radical (unpaired) electrons. The van der Waals surface area contributed by atoms with Gasteiger partial charge in [0.15, 0.2) is 0 Å². The molecule has 1 aromatic carbocycles. The van der Waals surface area contributed by atoms with E-state index in [1.165, 1.54) is 5.69 Å².